The first kappa shape index (κ1) is 13.5. The second-order valence-corrected chi connectivity index (χ2v) is 5.54. The molecule has 0 aliphatic carbocycles. The first-order valence-electron chi connectivity index (χ1n) is 4.72. The Morgan fingerprint density at radius 2 is 1.94 bits per heavy atom. The average Bonchev–Trinajstić information content (AvgIpc) is 2.26. The van der Waals surface area contributed by atoms with Crippen LogP contribution in [0.5, 0.6) is 5.75 Å². The molecule has 94 valence electrons. The standard InChI is InChI=1S/C10H13NO5S/c1-11(2)17(14,15)9-6-4-3-5-8(9)16-7-10(12)13/h3-6H,7H2,1-2H3,(H,12,13). The molecule has 7 heteroatoms. The second kappa shape index (κ2) is 5.15. The highest BCUT2D eigenvalue weighted by Crippen LogP contribution is 2.25. The van der Waals surface area contributed by atoms with Gasteiger partial charge in [-0.15, -0.1) is 0 Å². The quantitative estimate of drug-likeness (QED) is 0.827. The maximum Gasteiger partial charge on any atom is 0.341 e. The van der Waals surface area contributed by atoms with Crippen molar-refractivity contribution in [3.63, 3.8) is 0 Å². The number of benzene rings is 1. The molecule has 17 heavy (non-hydrogen) atoms. The van der Waals surface area contributed by atoms with Crippen molar-refractivity contribution in [2.45, 2.75) is 4.90 Å². The van der Waals surface area contributed by atoms with Gasteiger partial charge in [0.15, 0.2) is 6.61 Å². The molecule has 0 bridgehead atoms. The van der Waals surface area contributed by atoms with Crippen molar-refractivity contribution in [3.05, 3.63) is 24.3 Å². The zero-order chi connectivity index (χ0) is 13.1. The highest BCUT2D eigenvalue weighted by Gasteiger charge is 2.21. The van der Waals surface area contributed by atoms with Crippen molar-refractivity contribution in [1.29, 1.82) is 0 Å². The minimum absolute atomic E-state index is 0.0311. The van der Waals surface area contributed by atoms with E-state index in [2.05, 4.69) is 0 Å². The van der Waals surface area contributed by atoms with E-state index >= 15 is 0 Å². The summed E-state index contributed by atoms with van der Waals surface area (Å²) in [7, 11) is -0.856. The number of carboxylic acids is 1. The van der Waals surface area contributed by atoms with Gasteiger partial charge in [-0.3, -0.25) is 0 Å². The lowest BCUT2D eigenvalue weighted by Crippen LogP contribution is -2.23. The summed E-state index contributed by atoms with van der Waals surface area (Å²) in [5, 5.41) is 8.49. The Morgan fingerprint density at radius 3 is 2.47 bits per heavy atom. The Morgan fingerprint density at radius 1 is 1.35 bits per heavy atom. The Hall–Kier alpha value is -1.60. The van der Waals surface area contributed by atoms with Gasteiger partial charge in [0.25, 0.3) is 0 Å². The molecule has 0 atom stereocenters. The molecule has 0 saturated heterocycles. The van der Waals surface area contributed by atoms with E-state index in [1.807, 2.05) is 0 Å². The van der Waals surface area contributed by atoms with Crippen LogP contribution >= 0.6 is 0 Å². The van der Waals surface area contributed by atoms with Crippen molar-refractivity contribution < 1.29 is 23.1 Å². The van der Waals surface area contributed by atoms with Gasteiger partial charge in [-0.25, -0.2) is 17.5 Å². The van der Waals surface area contributed by atoms with E-state index in [1.54, 1.807) is 12.1 Å². The Bertz CT molecular complexity index is 509. The van der Waals surface area contributed by atoms with E-state index in [0.717, 1.165) is 4.31 Å². The van der Waals surface area contributed by atoms with E-state index < -0.39 is 22.6 Å². The maximum atomic E-state index is 11.9. The highest BCUT2D eigenvalue weighted by molar-refractivity contribution is 7.89. The molecule has 0 saturated carbocycles. The first-order valence-corrected chi connectivity index (χ1v) is 6.16. The number of sulfonamides is 1. The van der Waals surface area contributed by atoms with Gasteiger partial charge >= 0.3 is 5.97 Å². The summed E-state index contributed by atoms with van der Waals surface area (Å²) in [6.45, 7) is -0.583. The van der Waals surface area contributed by atoms with Gasteiger partial charge in [0.05, 0.1) is 0 Å². The Kier molecular flexibility index (Phi) is 4.08. The summed E-state index contributed by atoms with van der Waals surface area (Å²) in [6, 6.07) is 5.90. The average molecular weight is 259 g/mol. The third-order valence-corrected chi connectivity index (χ3v) is 3.81. The summed E-state index contributed by atoms with van der Waals surface area (Å²) in [5.41, 5.74) is 0. The molecule has 0 amide bonds. The molecule has 0 radical (unpaired) electrons. The zero-order valence-corrected chi connectivity index (χ0v) is 10.3. The second-order valence-electron chi connectivity index (χ2n) is 3.42. The third-order valence-electron chi connectivity index (χ3n) is 1.96. The van der Waals surface area contributed by atoms with E-state index in [0.29, 0.717) is 0 Å². The molecule has 0 spiro atoms. The number of carboxylic acid groups (broad SMARTS) is 1. The first-order chi connectivity index (χ1) is 7.85. The molecule has 1 aromatic carbocycles. The minimum Gasteiger partial charge on any atom is -0.480 e. The molecule has 1 aromatic rings. The largest absolute Gasteiger partial charge is 0.480 e. The highest BCUT2D eigenvalue weighted by atomic mass is 32.2. The van der Waals surface area contributed by atoms with Gasteiger partial charge in [-0.1, -0.05) is 12.1 Å². The fourth-order valence-corrected chi connectivity index (χ4v) is 2.14. The number of hydrogen-bond acceptors (Lipinski definition) is 4. The molecule has 1 rings (SSSR count). The molecular weight excluding hydrogens is 246 g/mol. The van der Waals surface area contributed by atoms with E-state index in [9.17, 15) is 13.2 Å². The van der Waals surface area contributed by atoms with Gasteiger partial charge in [-0.2, -0.15) is 0 Å². The van der Waals surface area contributed by atoms with Crippen LogP contribution in [0.4, 0.5) is 0 Å². The lowest BCUT2D eigenvalue weighted by Gasteiger charge is -2.14. The van der Waals surface area contributed by atoms with Crippen molar-refractivity contribution in [2.75, 3.05) is 20.7 Å². The van der Waals surface area contributed by atoms with Crippen LogP contribution in [0.2, 0.25) is 0 Å². The molecule has 6 nitrogen and oxygen atoms in total. The van der Waals surface area contributed by atoms with E-state index in [1.165, 1.54) is 26.2 Å². The van der Waals surface area contributed by atoms with Crippen LogP contribution in [0.3, 0.4) is 0 Å². The molecular formula is C10H13NO5S. The fraction of sp³-hybridized carbons (Fsp3) is 0.300. The molecule has 1 N–H and O–H groups in total. The zero-order valence-electron chi connectivity index (χ0n) is 9.45. The lowest BCUT2D eigenvalue weighted by atomic mass is 10.3. The van der Waals surface area contributed by atoms with Crippen LogP contribution in [0.15, 0.2) is 29.2 Å². The van der Waals surface area contributed by atoms with Gasteiger partial charge in [0.2, 0.25) is 10.0 Å². The van der Waals surface area contributed by atoms with Crippen molar-refractivity contribution in [1.82, 2.24) is 4.31 Å². The van der Waals surface area contributed by atoms with Gasteiger partial charge in [0, 0.05) is 14.1 Å². The minimum atomic E-state index is -3.64. The normalized spacial score (nSPS) is 11.5. The molecule has 0 aromatic heterocycles. The summed E-state index contributed by atoms with van der Waals surface area (Å²) < 4.78 is 29.8. The van der Waals surface area contributed by atoms with Crippen molar-refractivity contribution in [3.8, 4) is 5.75 Å². The maximum absolute atomic E-state index is 11.9. The summed E-state index contributed by atoms with van der Waals surface area (Å²) in [4.78, 5) is 10.3. The van der Waals surface area contributed by atoms with Gasteiger partial charge in [0.1, 0.15) is 10.6 Å². The topological polar surface area (TPSA) is 83.9 Å². The molecule has 0 heterocycles. The third kappa shape index (κ3) is 3.18. The summed E-state index contributed by atoms with van der Waals surface area (Å²) >= 11 is 0. The van der Waals surface area contributed by atoms with Crippen LogP contribution < -0.4 is 4.74 Å². The smallest absolute Gasteiger partial charge is 0.341 e. The van der Waals surface area contributed by atoms with Crippen molar-refractivity contribution in [2.24, 2.45) is 0 Å². The predicted molar refractivity (Wildman–Crippen MR) is 60.4 cm³/mol. The van der Waals surface area contributed by atoms with Crippen LogP contribution in [-0.4, -0.2) is 44.5 Å². The van der Waals surface area contributed by atoms with E-state index in [-0.39, 0.29) is 10.6 Å². The number of hydrogen-bond donors (Lipinski definition) is 1. The van der Waals surface area contributed by atoms with Crippen molar-refractivity contribution >= 4 is 16.0 Å². The Labute approximate surface area is 99.5 Å². The summed E-state index contributed by atoms with van der Waals surface area (Å²) in [5.74, 6) is -1.13. The van der Waals surface area contributed by atoms with Crippen LogP contribution in [0.1, 0.15) is 0 Å². The number of carbonyl (C=O) groups is 1. The number of para-hydroxylation sites is 1. The predicted octanol–water partition coefficient (Wildman–Crippen LogP) is 0.400. The van der Waals surface area contributed by atoms with Crippen LogP contribution in [0, 0.1) is 0 Å². The number of ether oxygens (including phenoxy) is 1. The van der Waals surface area contributed by atoms with E-state index in [4.69, 9.17) is 9.84 Å². The monoisotopic (exact) mass is 259 g/mol. The summed E-state index contributed by atoms with van der Waals surface area (Å²) in [6.07, 6.45) is 0. The molecule has 0 aliphatic rings. The van der Waals surface area contributed by atoms with Crippen LogP contribution in [-0.2, 0) is 14.8 Å². The fourth-order valence-electron chi connectivity index (χ4n) is 1.12. The number of nitrogens with zero attached hydrogens (tertiary/aromatic N) is 1. The SMILES string of the molecule is CN(C)S(=O)(=O)c1ccccc1OCC(=O)O. The molecule has 0 aliphatic heterocycles. The van der Waals surface area contributed by atoms with Gasteiger partial charge < -0.3 is 9.84 Å². The van der Waals surface area contributed by atoms with Gasteiger partial charge in [-0.05, 0) is 12.1 Å². The Balaban J connectivity index is 3.12. The number of rotatable bonds is 5. The molecule has 0 fully saturated rings. The molecule has 0 unspecified atom stereocenters. The van der Waals surface area contributed by atoms with Crippen LogP contribution in [0.25, 0.3) is 0 Å². The number of aliphatic carboxylic acids is 1. The lowest BCUT2D eigenvalue weighted by molar-refractivity contribution is -0.139.